The van der Waals surface area contributed by atoms with Gasteiger partial charge in [0.1, 0.15) is 0 Å². The van der Waals surface area contributed by atoms with Gasteiger partial charge in [-0.3, -0.25) is 0 Å². The summed E-state index contributed by atoms with van der Waals surface area (Å²) in [5, 5.41) is 3.66. The van der Waals surface area contributed by atoms with Crippen LogP contribution in [-0.2, 0) is 10.0 Å². The molecule has 1 saturated heterocycles. The fourth-order valence-electron chi connectivity index (χ4n) is 3.55. The summed E-state index contributed by atoms with van der Waals surface area (Å²) in [6.45, 7) is 11.1. The van der Waals surface area contributed by atoms with Crippen molar-refractivity contribution in [1.29, 1.82) is 0 Å². The molecular formula is C14H28N2O2S. The minimum absolute atomic E-state index is 0.223. The van der Waals surface area contributed by atoms with Gasteiger partial charge in [0, 0.05) is 25.7 Å². The lowest BCUT2D eigenvalue weighted by atomic mass is 9.91. The lowest BCUT2D eigenvalue weighted by Gasteiger charge is -2.38. The molecule has 0 bridgehead atoms. The van der Waals surface area contributed by atoms with Crippen molar-refractivity contribution < 1.29 is 8.42 Å². The van der Waals surface area contributed by atoms with Crippen LogP contribution in [0.3, 0.4) is 0 Å². The zero-order valence-electron chi connectivity index (χ0n) is 12.6. The van der Waals surface area contributed by atoms with E-state index in [9.17, 15) is 8.42 Å². The van der Waals surface area contributed by atoms with Gasteiger partial charge in [-0.1, -0.05) is 20.8 Å². The van der Waals surface area contributed by atoms with Crippen LogP contribution in [0.5, 0.6) is 0 Å². The molecule has 0 amide bonds. The van der Waals surface area contributed by atoms with Gasteiger partial charge in [-0.25, -0.2) is 12.7 Å². The third-order valence-electron chi connectivity index (χ3n) is 4.68. The second-order valence-electron chi connectivity index (χ2n) is 7.15. The van der Waals surface area contributed by atoms with Crippen LogP contribution in [0.4, 0.5) is 0 Å². The van der Waals surface area contributed by atoms with E-state index in [4.69, 9.17) is 0 Å². The first-order chi connectivity index (χ1) is 8.73. The Morgan fingerprint density at radius 1 is 1.26 bits per heavy atom. The molecule has 19 heavy (non-hydrogen) atoms. The van der Waals surface area contributed by atoms with Gasteiger partial charge in [-0.15, -0.1) is 0 Å². The van der Waals surface area contributed by atoms with Crippen LogP contribution in [0.1, 0.15) is 40.5 Å². The molecule has 0 spiro atoms. The fourth-order valence-corrected chi connectivity index (χ4v) is 4.79. The zero-order valence-corrected chi connectivity index (χ0v) is 13.5. The highest BCUT2D eigenvalue weighted by Crippen LogP contribution is 2.40. The van der Waals surface area contributed by atoms with Gasteiger partial charge in [-0.05, 0) is 37.0 Å². The van der Waals surface area contributed by atoms with Crippen molar-refractivity contribution in [1.82, 2.24) is 9.62 Å². The molecular weight excluding hydrogens is 260 g/mol. The standard InChI is InChI=1S/C14H28N2O2S/c1-5-19(17,18)16-9-12(10-16)8-15-13-7-14(3,4)6-11(13)2/h11-13,15H,5-10H2,1-4H3/t11-,13-/m1/s1. The molecule has 0 radical (unpaired) electrons. The van der Waals surface area contributed by atoms with E-state index in [0.29, 0.717) is 30.5 Å². The molecule has 1 aliphatic carbocycles. The van der Waals surface area contributed by atoms with Gasteiger partial charge in [0.25, 0.3) is 0 Å². The van der Waals surface area contributed by atoms with E-state index in [-0.39, 0.29) is 5.75 Å². The molecule has 2 fully saturated rings. The van der Waals surface area contributed by atoms with Crippen molar-refractivity contribution in [2.75, 3.05) is 25.4 Å². The lowest BCUT2D eigenvalue weighted by Crippen LogP contribution is -2.54. The van der Waals surface area contributed by atoms with Crippen molar-refractivity contribution in [3.63, 3.8) is 0 Å². The Labute approximate surface area is 118 Å². The smallest absolute Gasteiger partial charge is 0.213 e. The third-order valence-corrected chi connectivity index (χ3v) is 6.50. The molecule has 0 unspecified atom stereocenters. The number of sulfonamides is 1. The Hall–Kier alpha value is -0.130. The van der Waals surface area contributed by atoms with Crippen molar-refractivity contribution in [3.05, 3.63) is 0 Å². The van der Waals surface area contributed by atoms with Crippen molar-refractivity contribution in [2.24, 2.45) is 17.3 Å². The Balaban J connectivity index is 1.72. The highest BCUT2D eigenvalue weighted by Gasteiger charge is 2.38. The van der Waals surface area contributed by atoms with E-state index in [1.165, 1.54) is 12.8 Å². The summed E-state index contributed by atoms with van der Waals surface area (Å²) in [6, 6.07) is 0.604. The first-order valence-electron chi connectivity index (χ1n) is 7.45. The Morgan fingerprint density at radius 2 is 1.89 bits per heavy atom. The van der Waals surface area contributed by atoms with Gasteiger partial charge < -0.3 is 5.32 Å². The van der Waals surface area contributed by atoms with Crippen LogP contribution in [0.15, 0.2) is 0 Å². The summed E-state index contributed by atoms with van der Waals surface area (Å²) in [4.78, 5) is 0. The number of rotatable bonds is 5. The van der Waals surface area contributed by atoms with Crippen molar-refractivity contribution in [3.8, 4) is 0 Å². The summed E-state index contributed by atoms with van der Waals surface area (Å²) in [6.07, 6.45) is 2.52. The van der Waals surface area contributed by atoms with Crippen LogP contribution in [-0.4, -0.2) is 44.2 Å². The molecule has 1 N–H and O–H groups in total. The van der Waals surface area contributed by atoms with Gasteiger partial charge >= 0.3 is 0 Å². The number of hydrogen-bond donors (Lipinski definition) is 1. The van der Waals surface area contributed by atoms with E-state index in [0.717, 1.165) is 12.5 Å². The van der Waals surface area contributed by atoms with E-state index in [1.54, 1.807) is 11.2 Å². The molecule has 1 heterocycles. The molecule has 2 rings (SSSR count). The Kier molecular flexibility index (Phi) is 4.29. The van der Waals surface area contributed by atoms with Gasteiger partial charge in [0.15, 0.2) is 0 Å². The normalized spacial score (nSPS) is 32.4. The quantitative estimate of drug-likeness (QED) is 0.837. The summed E-state index contributed by atoms with van der Waals surface area (Å²) in [5.41, 5.74) is 0.453. The summed E-state index contributed by atoms with van der Waals surface area (Å²) >= 11 is 0. The van der Waals surface area contributed by atoms with Crippen LogP contribution in [0.2, 0.25) is 0 Å². The second kappa shape index (κ2) is 5.34. The number of nitrogens with zero attached hydrogens (tertiary/aromatic N) is 1. The Bertz CT molecular complexity index is 413. The topological polar surface area (TPSA) is 49.4 Å². The molecule has 1 aliphatic heterocycles. The molecule has 5 heteroatoms. The maximum absolute atomic E-state index is 11.6. The van der Waals surface area contributed by atoms with Crippen LogP contribution < -0.4 is 5.32 Å². The fraction of sp³-hybridized carbons (Fsp3) is 1.00. The summed E-state index contributed by atoms with van der Waals surface area (Å²) in [7, 11) is -2.96. The third kappa shape index (κ3) is 3.50. The predicted molar refractivity (Wildman–Crippen MR) is 78.5 cm³/mol. The Morgan fingerprint density at radius 3 is 2.37 bits per heavy atom. The molecule has 2 atom stereocenters. The SMILES string of the molecule is CCS(=O)(=O)N1CC(CN[C@@H]2CC(C)(C)C[C@H]2C)C1. The van der Waals surface area contributed by atoms with Crippen LogP contribution in [0, 0.1) is 17.3 Å². The molecule has 0 aromatic carbocycles. The lowest BCUT2D eigenvalue weighted by molar-refractivity contribution is 0.188. The van der Waals surface area contributed by atoms with E-state index in [1.807, 2.05) is 0 Å². The van der Waals surface area contributed by atoms with Gasteiger partial charge in [0.05, 0.1) is 5.75 Å². The molecule has 112 valence electrons. The average molecular weight is 288 g/mol. The minimum Gasteiger partial charge on any atom is -0.313 e. The monoisotopic (exact) mass is 288 g/mol. The largest absolute Gasteiger partial charge is 0.313 e. The first kappa shape index (κ1) is 15.3. The first-order valence-corrected chi connectivity index (χ1v) is 9.05. The van der Waals surface area contributed by atoms with Crippen LogP contribution in [0.25, 0.3) is 0 Å². The maximum atomic E-state index is 11.6. The van der Waals surface area contributed by atoms with E-state index in [2.05, 4.69) is 26.1 Å². The average Bonchev–Trinajstić information content (AvgIpc) is 2.49. The number of nitrogens with one attached hydrogen (secondary N) is 1. The van der Waals surface area contributed by atoms with Crippen LogP contribution >= 0.6 is 0 Å². The summed E-state index contributed by atoms with van der Waals surface area (Å²) < 4.78 is 24.9. The highest BCUT2D eigenvalue weighted by atomic mass is 32.2. The highest BCUT2D eigenvalue weighted by molar-refractivity contribution is 7.89. The molecule has 0 aromatic heterocycles. The van der Waals surface area contributed by atoms with Crippen molar-refractivity contribution >= 4 is 10.0 Å². The summed E-state index contributed by atoms with van der Waals surface area (Å²) in [5.74, 6) is 1.45. The predicted octanol–water partition coefficient (Wildman–Crippen LogP) is 1.68. The second-order valence-corrected chi connectivity index (χ2v) is 9.41. The van der Waals surface area contributed by atoms with E-state index < -0.39 is 10.0 Å². The van der Waals surface area contributed by atoms with Gasteiger partial charge in [-0.2, -0.15) is 0 Å². The van der Waals surface area contributed by atoms with Gasteiger partial charge in [0.2, 0.25) is 10.0 Å². The molecule has 0 aromatic rings. The van der Waals surface area contributed by atoms with Crippen molar-refractivity contribution in [2.45, 2.75) is 46.6 Å². The molecule has 1 saturated carbocycles. The zero-order chi connectivity index (χ0) is 14.3. The maximum Gasteiger partial charge on any atom is 0.213 e. The molecule has 2 aliphatic rings. The van der Waals surface area contributed by atoms with E-state index >= 15 is 0 Å². The molecule has 4 nitrogen and oxygen atoms in total. The minimum atomic E-state index is -2.96. The number of hydrogen-bond acceptors (Lipinski definition) is 3.